The number of sulfonamides is 1. The fourth-order valence-corrected chi connectivity index (χ4v) is 3.11. The highest BCUT2D eigenvalue weighted by molar-refractivity contribution is 7.89. The first-order valence-electron chi connectivity index (χ1n) is 4.59. The summed E-state index contributed by atoms with van der Waals surface area (Å²) in [6.45, 7) is 3.28. The highest BCUT2D eigenvalue weighted by Crippen LogP contribution is 2.22. The number of nitrogens with one attached hydrogen (secondary N) is 1. The average Bonchev–Trinajstić information content (AvgIpc) is 2.72. The van der Waals surface area contributed by atoms with Crippen molar-refractivity contribution in [1.82, 2.24) is 14.3 Å². The lowest BCUT2D eigenvalue weighted by atomic mass is 10.2. The molecular formula is C8H13N3O2S. The molecule has 1 atom stereocenters. The molecule has 78 valence electrons. The molecule has 0 aromatic carbocycles. The van der Waals surface area contributed by atoms with Gasteiger partial charge in [-0.2, -0.15) is 4.31 Å². The molecule has 0 radical (unpaired) electrons. The fraction of sp³-hybridized carbons (Fsp3) is 0.625. The molecule has 1 fully saturated rings. The molecule has 1 N–H and O–H groups in total. The zero-order chi connectivity index (χ0) is 10.2. The first-order valence-corrected chi connectivity index (χ1v) is 6.03. The molecule has 1 aliphatic rings. The minimum atomic E-state index is -3.31. The van der Waals surface area contributed by atoms with Crippen LogP contribution in [0.2, 0.25) is 0 Å². The Morgan fingerprint density at radius 2 is 2.43 bits per heavy atom. The summed E-state index contributed by atoms with van der Waals surface area (Å²) >= 11 is 0. The van der Waals surface area contributed by atoms with E-state index in [9.17, 15) is 8.42 Å². The van der Waals surface area contributed by atoms with Gasteiger partial charge in [0, 0.05) is 13.1 Å². The average molecular weight is 215 g/mol. The number of H-pyrrole nitrogens is 1. The molecule has 2 rings (SSSR count). The van der Waals surface area contributed by atoms with Gasteiger partial charge in [0.15, 0.2) is 5.03 Å². The van der Waals surface area contributed by atoms with Crippen LogP contribution in [0.4, 0.5) is 0 Å². The van der Waals surface area contributed by atoms with Crippen LogP contribution < -0.4 is 0 Å². The van der Waals surface area contributed by atoms with E-state index in [0.29, 0.717) is 19.0 Å². The van der Waals surface area contributed by atoms with E-state index in [0.717, 1.165) is 6.42 Å². The Hall–Kier alpha value is -0.880. The maximum Gasteiger partial charge on any atom is 0.260 e. The van der Waals surface area contributed by atoms with Gasteiger partial charge in [0.25, 0.3) is 10.0 Å². The summed E-state index contributed by atoms with van der Waals surface area (Å²) < 4.78 is 25.3. The van der Waals surface area contributed by atoms with E-state index < -0.39 is 10.0 Å². The maximum absolute atomic E-state index is 11.9. The van der Waals surface area contributed by atoms with Gasteiger partial charge < -0.3 is 4.98 Å². The summed E-state index contributed by atoms with van der Waals surface area (Å²) in [5.74, 6) is 0.452. The smallest absolute Gasteiger partial charge is 0.260 e. The van der Waals surface area contributed by atoms with Crippen molar-refractivity contribution in [2.24, 2.45) is 5.92 Å². The van der Waals surface area contributed by atoms with Crippen LogP contribution in [0.5, 0.6) is 0 Å². The maximum atomic E-state index is 11.9. The van der Waals surface area contributed by atoms with Gasteiger partial charge in [-0.1, -0.05) is 6.92 Å². The summed E-state index contributed by atoms with van der Waals surface area (Å²) in [4.78, 5) is 6.35. The third kappa shape index (κ3) is 1.55. The minimum absolute atomic E-state index is 0.187. The Bertz CT molecular complexity index is 398. The number of hydrogen-bond donors (Lipinski definition) is 1. The molecule has 0 bridgehead atoms. The molecule has 0 saturated carbocycles. The third-order valence-corrected chi connectivity index (χ3v) is 4.27. The van der Waals surface area contributed by atoms with Crippen molar-refractivity contribution in [2.75, 3.05) is 13.1 Å². The van der Waals surface area contributed by atoms with Crippen molar-refractivity contribution in [1.29, 1.82) is 0 Å². The zero-order valence-corrected chi connectivity index (χ0v) is 8.79. The van der Waals surface area contributed by atoms with Crippen molar-refractivity contribution in [3.8, 4) is 0 Å². The van der Waals surface area contributed by atoms with E-state index in [1.165, 1.54) is 16.8 Å². The molecule has 5 nitrogen and oxygen atoms in total. The highest BCUT2D eigenvalue weighted by Gasteiger charge is 2.31. The molecular weight excluding hydrogens is 202 g/mol. The van der Waals surface area contributed by atoms with Crippen LogP contribution in [0.25, 0.3) is 0 Å². The summed E-state index contributed by atoms with van der Waals surface area (Å²) in [6, 6.07) is 0. The quantitative estimate of drug-likeness (QED) is 0.778. The predicted octanol–water partition coefficient (Wildman–Crippen LogP) is 0.440. The van der Waals surface area contributed by atoms with Gasteiger partial charge in [-0.05, 0) is 12.3 Å². The molecule has 0 spiro atoms. The standard InChI is InChI=1S/C8H13N3O2S/c1-7-2-3-11(5-7)14(12,13)8-4-9-6-10-8/h4,6-7H,2-3,5H2,1H3,(H,9,10). The second-order valence-electron chi connectivity index (χ2n) is 3.67. The first kappa shape index (κ1) is 9.67. The SMILES string of the molecule is CC1CCN(S(=O)(=O)c2cnc[nH]2)C1. The van der Waals surface area contributed by atoms with Crippen molar-refractivity contribution in [3.05, 3.63) is 12.5 Å². The third-order valence-electron chi connectivity index (χ3n) is 2.48. The molecule has 1 aliphatic heterocycles. The van der Waals surface area contributed by atoms with E-state index in [1.807, 2.05) is 0 Å². The van der Waals surface area contributed by atoms with Crippen molar-refractivity contribution in [2.45, 2.75) is 18.4 Å². The summed E-state index contributed by atoms with van der Waals surface area (Å²) in [7, 11) is -3.31. The second-order valence-corrected chi connectivity index (χ2v) is 5.58. The largest absolute Gasteiger partial charge is 0.335 e. The zero-order valence-electron chi connectivity index (χ0n) is 7.97. The van der Waals surface area contributed by atoms with Crippen LogP contribution in [-0.2, 0) is 10.0 Å². The highest BCUT2D eigenvalue weighted by atomic mass is 32.2. The summed E-state index contributed by atoms with van der Waals surface area (Å²) in [5.41, 5.74) is 0. The van der Waals surface area contributed by atoms with Gasteiger partial charge in [-0.25, -0.2) is 13.4 Å². The van der Waals surface area contributed by atoms with Crippen LogP contribution in [0.3, 0.4) is 0 Å². The van der Waals surface area contributed by atoms with Gasteiger partial charge in [-0.3, -0.25) is 0 Å². The lowest BCUT2D eigenvalue weighted by Gasteiger charge is -2.13. The van der Waals surface area contributed by atoms with Gasteiger partial charge in [0.2, 0.25) is 0 Å². The molecule has 1 saturated heterocycles. The van der Waals surface area contributed by atoms with Crippen molar-refractivity contribution in [3.63, 3.8) is 0 Å². The monoisotopic (exact) mass is 215 g/mol. The molecule has 0 aliphatic carbocycles. The Kier molecular flexibility index (Phi) is 2.32. The first-order chi connectivity index (χ1) is 6.60. The van der Waals surface area contributed by atoms with Crippen molar-refractivity contribution < 1.29 is 8.42 Å². The van der Waals surface area contributed by atoms with E-state index >= 15 is 0 Å². The Balaban J connectivity index is 2.26. The molecule has 2 heterocycles. The predicted molar refractivity (Wildman–Crippen MR) is 51.1 cm³/mol. The van der Waals surface area contributed by atoms with Gasteiger partial charge in [-0.15, -0.1) is 0 Å². The van der Waals surface area contributed by atoms with E-state index in [2.05, 4.69) is 16.9 Å². The minimum Gasteiger partial charge on any atom is -0.335 e. The van der Waals surface area contributed by atoms with Crippen LogP contribution in [0, 0.1) is 5.92 Å². The van der Waals surface area contributed by atoms with E-state index in [4.69, 9.17) is 0 Å². The Morgan fingerprint density at radius 1 is 1.64 bits per heavy atom. The number of hydrogen-bond acceptors (Lipinski definition) is 3. The summed E-state index contributed by atoms with van der Waals surface area (Å²) in [5, 5.41) is 0.187. The van der Waals surface area contributed by atoms with Crippen molar-refractivity contribution >= 4 is 10.0 Å². The van der Waals surface area contributed by atoms with Crippen LogP contribution in [0.1, 0.15) is 13.3 Å². The lowest BCUT2D eigenvalue weighted by molar-refractivity contribution is 0.462. The van der Waals surface area contributed by atoms with E-state index in [1.54, 1.807) is 0 Å². The van der Waals surface area contributed by atoms with Crippen LogP contribution in [-0.4, -0.2) is 35.8 Å². The fourth-order valence-electron chi connectivity index (χ4n) is 1.64. The number of nitrogens with zero attached hydrogens (tertiary/aromatic N) is 2. The Morgan fingerprint density at radius 3 is 2.93 bits per heavy atom. The number of aromatic amines is 1. The molecule has 1 aromatic rings. The second kappa shape index (κ2) is 3.36. The van der Waals surface area contributed by atoms with E-state index in [-0.39, 0.29) is 5.03 Å². The normalized spacial score (nSPS) is 24.2. The summed E-state index contributed by atoms with van der Waals surface area (Å²) in [6.07, 6.45) is 3.66. The molecule has 0 amide bonds. The van der Waals surface area contributed by atoms with Crippen LogP contribution >= 0.6 is 0 Å². The molecule has 1 unspecified atom stereocenters. The Labute approximate surface area is 83.2 Å². The lowest BCUT2D eigenvalue weighted by Crippen LogP contribution is -2.28. The molecule has 1 aromatic heterocycles. The molecule has 6 heteroatoms. The van der Waals surface area contributed by atoms with Gasteiger partial charge in [0.05, 0.1) is 12.5 Å². The number of imidazole rings is 1. The van der Waals surface area contributed by atoms with Gasteiger partial charge in [0.1, 0.15) is 0 Å². The van der Waals surface area contributed by atoms with Crippen LogP contribution in [0.15, 0.2) is 17.6 Å². The molecule has 14 heavy (non-hydrogen) atoms. The van der Waals surface area contributed by atoms with Gasteiger partial charge >= 0.3 is 0 Å². The number of aromatic nitrogens is 2. The number of rotatable bonds is 2. The topological polar surface area (TPSA) is 66.1 Å².